The zero-order valence-corrected chi connectivity index (χ0v) is 17.7. The molecule has 5 nitrogen and oxygen atoms in total. The van der Waals surface area contributed by atoms with E-state index in [2.05, 4.69) is 15.1 Å². The lowest BCUT2D eigenvalue weighted by Gasteiger charge is -2.38. The van der Waals surface area contributed by atoms with Gasteiger partial charge in [0.25, 0.3) is 0 Å². The van der Waals surface area contributed by atoms with Crippen LogP contribution in [0.25, 0.3) is 0 Å². The van der Waals surface area contributed by atoms with Gasteiger partial charge in [-0.05, 0) is 54.8 Å². The third-order valence-corrected chi connectivity index (χ3v) is 5.87. The Kier molecular flexibility index (Phi) is 6.87. The Balaban J connectivity index is 1.31. The molecule has 7 heteroatoms. The van der Waals surface area contributed by atoms with Gasteiger partial charge in [0, 0.05) is 43.8 Å². The van der Waals surface area contributed by atoms with Crippen LogP contribution in [0.1, 0.15) is 24.4 Å². The fraction of sp³-hybridized carbons (Fsp3) is 0.435. The van der Waals surface area contributed by atoms with E-state index < -0.39 is 0 Å². The normalized spacial score (nSPS) is 18.7. The predicted molar refractivity (Wildman–Crippen MR) is 115 cm³/mol. The molecule has 1 atom stereocenters. The highest BCUT2D eigenvalue weighted by atomic mass is 35.5. The second kappa shape index (κ2) is 9.77. The van der Waals surface area contributed by atoms with Gasteiger partial charge in [-0.1, -0.05) is 23.7 Å². The van der Waals surface area contributed by atoms with Crippen molar-refractivity contribution in [1.82, 2.24) is 15.1 Å². The van der Waals surface area contributed by atoms with Crippen LogP contribution in [0.5, 0.6) is 5.75 Å². The lowest BCUT2D eigenvalue weighted by molar-refractivity contribution is -0.127. The molecule has 160 valence electrons. The lowest BCUT2D eigenvalue weighted by atomic mass is 10.0. The molecule has 1 aliphatic heterocycles. The summed E-state index contributed by atoms with van der Waals surface area (Å²) in [4.78, 5) is 17.5. The number of amides is 1. The van der Waals surface area contributed by atoms with Crippen molar-refractivity contribution in [3.05, 3.63) is 64.9 Å². The van der Waals surface area contributed by atoms with Crippen molar-refractivity contribution in [1.29, 1.82) is 0 Å². The van der Waals surface area contributed by atoms with Crippen LogP contribution in [-0.2, 0) is 4.79 Å². The quantitative estimate of drug-likeness (QED) is 0.695. The molecule has 1 N–H and O–H groups in total. The number of halogens is 2. The Labute approximate surface area is 181 Å². The maximum atomic E-state index is 13.4. The number of carbonyl (C=O) groups is 1. The van der Waals surface area contributed by atoms with E-state index in [9.17, 15) is 9.18 Å². The van der Waals surface area contributed by atoms with Gasteiger partial charge in [-0.25, -0.2) is 4.39 Å². The lowest BCUT2D eigenvalue weighted by Crippen LogP contribution is -2.51. The van der Waals surface area contributed by atoms with E-state index in [4.69, 9.17) is 16.3 Å². The minimum Gasteiger partial charge on any atom is -0.492 e. The van der Waals surface area contributed by atoms with Gasteiger partial charge in [0.2, 0.25) is 5.91 Å². The first-order valence-corrected chi connectivity index (χ1v) is 10.9. The number of piperazine rings is 1. The molecule has 2 aromatic carbocycles. The first kappa shape index (κ1) is 21.1. The average Bonchev–Trinajstić information content (AvgIpc) is 3.56. The number of hydrogen-bond acceptors (Lipinski definition) is 4. The van der Waals surface area contributed by atoms with Gasteiger partial charge in [-0.3, -0.25) is 14.6 Å². The van der Waals surface area contributed by atoms with Gasteiger partial charge >= 0.3 is 0 Å². The smallest absolute Gasteiger partial charge is 0.242 e. The van der Waals surface area contributed by atoms with Gasteiger partial charge in [-0.2, -0.15) is 0 Å². The van der Waals surface area contributed by atoms with Crippen molar-refractivity contribution >= 4 is 17.5 Å². The second-order valence-electron chi connectivity index (χ2n) is 7.92. The van der Waals surface area contributed by atoms with Crippen LogP contribution in [0.3, 0.4) is 0 Å². The molecule has 1 saturated heterocycles. The molecular weight excluding hydrogens is 405 g/mol. The monoisotopic (exact) mass is 431 g/mol. The number of benzene rings is 2. The number of hydrogen-bond donors (Lipinski definition) is 1. The first-order chi connectivity index (χ1) is 14.6. The maximum Gasteiger partial charge on any atom is 0.242 e. The van der Waals surface area contributed by atoms with E-state index in [1.807, 2.05) is 24.3 Å². The molecule has 2 aromatic rings. The highest BCUT2D eigenvalue weighted by molar-refractivity contribution is 6.30. The van der Waals surface area contributed by atoms with Crippen LogP contribution >= 0.6 is 11.6 Å². The summed E-state index contributed by atoms with van der Waals surface area (Å²) >= 11 is 5.90. The van der Waals surface area contributed by atoms with E-state index in [0.717, 1.165) is 56.9 Å². The number of nitrogens with zero attached hydrogens (tertiary/aromatic N) is 2. The molecule has 1 aliphatic carbocycles. The Hall–Kier alpha value is -2.15. The van der Waals surface area contributed by atoms with Crippen molar-refractivity contribution in [2.24, 2.45) is 0 Å². The Morgan fingerprint density at radius 2 is 1.73 bits per heavy atom. The van der Waals surface area contributed by atoms with E-state index in [-0.39, 0.29) is 17.8 Å². The predicted octanol–water partition coefficient (Wildman–Crippen LogP) is 3.50. The van der Waals surface area contributed by atoms with Gasteiger partial charge in [-0.15, -0.1) is 0 Å². The molecular formula is C23H27ClFN3O2. The number of nitrogens with one attached hydrogen (secondary N) is 1. The third kappa shape index (κ3) is 5.72. The largest absolute Gasteiger partial charge is 0.492 e. The summed E-state index contributed by atoms with van der Waals surface area (Å²) in [5.74, 6) is 0.542. The highest BCUT2D eigenvalue weighted by Crippen LogP contribution is 2.26. The average molecular weight is 432 g/mol. The minimum absolute atomic E-state index is 0.0172. The summed E-state index contributed by atoms with van der Waals surface area (Å²) in [6, 6.07) is 13.6. The van der Waals surface area contributed by atoms with Crippen molar-refractivity contribution in [3.8, 4) is 5.75 Å². The Bertz CT molecular complexity index is 835. The first-order valence-electron chi connectivity index (χ1n) is 10.5. The van der Waals surface area contributed by atoms with Crippen molar-refractivity contribution in [3.63, 3.8) is 0 Å². The molecule has 1 amide bonds. The molecule has 1 saturated carbocycles. The molecule has 2 fully saturated rings. The number of ether oxygens (including phenoxy) is 1. The van der Waals surface area contributed by atoms with Gasteiger partial charge < -0.3 is 10.1 Å². The van der Waals surface area contributed by atoms with Crippen molar-refractivity contribution < 1.29 is 13.9 Å². The Morgan fingerprint density at radius 1 is 1.07 bits per heavy atom. The van der Waals surface area contributed by atoms with Crippen LogP contribution in [-0.4, -0.2) is 61.1 Å². The molecule has 0 spiro atoms. The minimum atomic E-state index is -0.376. The molecule has 1 unspecified atom stereocenters. The molecule has 0 bridgehead atoms. The summed E-state index contributed by atoms with van der Waals surface area (Å²) in [6.45, 7) is 4.70. The van der Waals surface area contributed by atoms with Crippen molar-refractivity contribution in [2.45, 2.75) is 24.9 Å². The maximum absolute atomic E-state index is 13.4. The Morgan fingerprint density at radius 3 is 2.37 bits per heavy atom. The van der Waals surface area contributed by atoms with E-state index in [0.29, 0.717) is 17.7 Å². The standard InChI is InChI=1S/C23H27ClFN3O2/c24-18-3-9-21(10-4-18)30-16-15-27-11-13-28(14-12-27)22(23(29)26-20-7-8-20)17-1-5-19(25)6-2-17/h1-6,9-10,20,22H,7-8,11-16H2,(H,26,29). The van der Waals surface area contributed by atoms with Crippen LogP contribution < -0.4 is 10.1 Å². The molecule has 4 rings (SSSR count). The summed E-state index contributed by atoms with van der Waals surface area (Å²) in [7, 11) is 0. The third-order valence-electron chi connectivity index (χ3n) is 5.62. The van der Waals surface area contributed by atoms with Crippen molar-refractivity contribution in [2.75, 3.05) is 39.3 Å². The van der Waals surface area contributed by atoms with Gasteiger partial charge in [0.15, 0.2) is 0 Å². The molecule has 1 heterocycles. The van der Waals surface area contributed by atoms with E-state index in [1.165, 1.54) is 12.1 Å². The summed E-state index contributed by atoms with van der Waals surface area (Å²) < 4.78 is 19.2. The van der Waals surface area contributed by atoms with Gasteiger partial charge in [0.1, 0.15) is 24.2 Å². The number of rotatable bonds is 8. The van der Waals surface area contributed by atoms with Crippen LogP contribution in [0.4, 0.5) is 4.39 Å². The van der Waals surface area contributed by atoms with Crippen LogP contribution in [0.15, 0.2) is 48.5 Å². The van der Waals surface area contributed by atoms with E-state index >= 15 is 0 Å². The molecule has 0 aromatic heterocycles. The van der Waals surface area contributed by atoms with E-state index in [1.54, 1.807) is 12.1 Å². The fourth-order valence-electron chi connectivity index (χ4n) is 3.75. The zero-order valence-electron chi connectivity index (χ0n) is 16.9. The SMILES string of the molecule is O=C(NC1CC1)C(c1ccc(F)cc1)N1CCN(CCOc2ccc(Cl)cc2)CC1. The molecule has 30 heavy (non-hydrogen) atoms. The summed E-state index contributed by atoms with van der Waals surface area (Å²) in [6.07, 6.45) is 2.09. The summed E-state index contributed by atoms with van der Waals surface area (Å²) in [5, 5.41) is 3.81. The highest BCUT2D eigenvalue weighted by Gasteiger charge is 2.33. The molecule has 2 aliphatic rings. The zero-order chi connectivity index (χ0) is 20.9. The topological polar surface area (TPSA) is 44.8 Å². The summed E-state index contributed by atoms with van der Waals surface area (Å²) in [5.41, 5.74) is 0.842. The fourth-order valence-corrected chi connectivity index (χ4v) is 3.88. The number of carbonyl (C=O) groups excluding carboxylic acids is 1. The second-order valence-corrected chi connectivity index (χ2v) is 8.35. The van der Waals surface area contributed by atoms with Gasteiger partial charge in [0.05, 0.1) is 0 Å². The molecule has 0 radical (unpaired) electrons. The van der Waals surface area contributed by atoms with Crippen LogP contribution in [0, 0.1) is 5.82 Å². The van der Waals surface area contributed by atoms with Crippen LogP contribution in [0.2, 0.25) is 5.02 Å².